The highest BCUT2D eigenvalue weighted by molar-refractivity contribution is 8.13. The largest absolute Gasteiger partial charge is 0.491 e. The zero-order valence-corrected chi connectivity index (χ0v) is 13.8. The lowest BCUT2D eigenvalue weighted by atomic mass is 9.86. The molecule has 0 unspecified atom stereocenters. The van der Waals surface area contributed by atoms with Gasteiger partial charge in [-0.25, -0.2) is 8.42 Å². The average molecular weight is 305 g/mol. The van der Waals surface area contributed by atoms with Crippen LogP contribution in [0.25, 0.3) is 0 Å². The highest BCUT2D eigenvalue weighted by atomic mass is 35.7. The summed E-state index contributed by atoms with van der Waals surface area (Å²) in [4.78, 5) is 0.148. The van der Waals surface area contributed by atoms with Crippen molar-refractivity contribution in [3.8, 4) is 5.75 Å². The summed E-state index contributed by atoms with van der Waals surface area (Å²) in [7, 11) is 1.73. The monoisotopic (exact) mass is 304 g/mol. The maximum atomic E-state index is 11.6. The Morgan fingerprint density at radius 1 is 1.21 bits per heavy atom. The molecule has 108 valence electrons. The normalized spacial score (nSPS) is 12.8. The van der Waals surface area contributed by atoms with E-state index in [4.69, 9.17) is 15.4 Å². The molecule has 0 N–H and O–H groups in total. The Balaban J connectivity index is 3.55. The number of halogens is 1. The van der Waals surface area contributed by atoms with Gasteiger partial charge in [-0.2, -0.15) is 0 Å². The molecule has 0 aliphatic rings. The van der Waals surface area contributed by atoms with Crippen molar-refractivity contribution < 1.29 is 13.2 Å². The summed E-state index contributed by atoms with van der Waals surface area (Å²) in [5, 5.41) is 0. The first-order valence-electron chi connectivity index (χ1n) is 6.19. The Hall–Kier alpha value is -0.740. The fourth-order valence-electron chi connectivity index (χ4n) is 1.86. The molecule has 0 aliphatic heterocycles. The van der Waals surface area contributed by atoms with E-state index < -0.39 is 9.05 Å². The first-order chi connectivity index (χ1) is 8.43. The molecular weight excluding hydrogens is 284 g/mol. The van der Waals surface area contributed by atoms with E-state index in [1.54, 1.807) is 19.1 Å². The van der Waals surface area contributed by atoms with Gasteiger partial charge in [-0.1, -0.05) is 20.8 Å². The molecule has 3 nitrogen and oxygen atoms in total. The van der Waals surface area contributed by atoms with Crippen molar-refractivity contribution in [3.05, 3.63) is 23.3 Å². The standard InChI is InChI=1S/C14H21ClO3S/c1-9(2)18-12-7-10(3)13(19(15,16)17)8-11(12)14(4,5)6/h7-9H,1-6H3. The minimum atomic E-state index is -3.74. The van der Waals surface area contributed by atoms with E-state index >= 15 is 0 Å². The van der Waals surface area contributed by atoms with Crippen LogP contribution in [0.1, 0.15) is 45.7 Å². The topological polar surface area (TPSA) is 43.4 Å². The van der Waals surface area contributed by atoms with E-state index in [-0.39, 0.29) is 16.4 Å². The van der Waals surface area contributed by atoms with Crippen LogP contribution in [0, 0.1) is 6.92 Å². The summed E-state index contributed by atoms with van der Waals surface area (Å²) in [6.45, 7) is 11.6. The van der Waals surface area contributed by atoms with Crippen LogP contribution in [0.3, 0.4) is 0 Å². The quantitative estimate of drug-likeness (QED) is 0.793. The van der Waals surface area contributed by atoms with Crippen molar-refractivity contribution in [1.82, 2.24) is 0 Å². The van der Waals surface area contributed by atoms with Gasteiger partial charge in [0.05, 0.1) is 11.0 Å². The lowest BCUT2D eigenvalue weighted by Crippen LogP contribution is -2.17. The van der Waals surface area contributed by atoms with Crippen molar-refractivity contribution in [2.75, 3.05) is 0 Å². The molecule has 0 atom stereocenters. The van der Waals surface area contributed by atoms with Crippen LogP contribution < -0.4 is 4.74 Å². The van der Waals surface area contributed by atoms with Gasteiger partial charge in [-0.05, 0) is 43.9 Å². The number of rotatable bonds is 3. The van der Waals surface area contributed by atoms with E-state index in [1.165, 1.54) is 0 Å². The van der Waals surface area contributed by atoms with E-state index in [0.717, 1.165) is 5.56 Å². The van der Waals surface area contributed by atoms with E-state index in [0.29, 0.717) is 11.3 Å². The summed E-state index contributed by atoms with van der Waals surface area (Å²) < 4.78 is 29.0. The Morgan fingerprint density at radius 2 is 1.74 bits per heavy atom. The molecule has 0 heterocycles. The van der Waals surface area contributed by atoms with Crippen LogP contribution in [-0.4, -0.2) is 14.5 Å². The van der Waals surface area contributed by atoms with Crippen LogP contribution in [0.4, 0.5) is 0 Å². The third-order valence-electron chi connectivity index (χ3n) is 2.71. The summed E-state index contributed by atoms with van der Waals surface area (Å²) in [6, 6.07) is 3.37. The third-order valence-corrected chi connectivity index (χ3v) is 4.17. The van der Waals surface area contributed by atoms with Gasteiger partial charge in [0.25, 0.3) is 9.05 Å². The molecule has 1 aromatic carbocycles. The second-order valence-corrected chi connectivity index (χ2v) is 8.50. The SMILES string of the molecule is Cc1cc(OC(C)C)c(C(C)(C)C)cc1S(=O)(=O)Cl. The Bertz CT molecular complexity index is 569. The molecule has 0 amide bonds. The highest BCUT2D eigenvalue weighted by Gasteiger charge is 2.24. The molecule has 0 spiro atoms. The molecule has 1 rings (SSSR count). The van der Waals surface area contributed by atoms with Crippen LogP contribution in [0.2, 0.25) is 0 Å². The summed E-state index contributed by atoms with van der Waals surface area (Å²) in [5.74, 6) is 0.712. The first kappa shape index (κ1) is 16.3. The van der Waals surface area contributed by atoms with E-state index in [9.17, 15) is 8.42 Å². The Morgan fingerprint density at radius 3 is 2.11 bits per heavy atom. The minimum Gasteiger partial charge on any atom is -0.491 e. The van der Waals surface area contributed by atoms with Gasteiger partial charge in [0.1, 0.15) is 5.75 Å². The molecular formula is C14H21ClO3S. The lowest BCUT2D eigenvalue weighted by molar-refractivity contribution is 0.236. The third kappa shape index (κ3) is 4.11. The Labute approximate surface area is 120 Å². The number of aryl methyl sites for hydroxylation is 1. The second kappa shape index (κ2) is 5.33. The highest BCUT2D eigenvalue weighted by Crippen LogP contribution is 2.36. The van der Waals surface area contributed by atoms with Crippen molar-refractivity contribution in [2.24, 2.45) is 0 Å². The molecule has 0 saturated carbocycles. The summed E-state index contributed by atoms with van der Waals surface area (Å²) >= 11 is 0. The van der Waals surface area contributed by atoms with Crippen LogP contribution >= 0.6 is 10.7 Å². The molecule has 0 bridgehead atoms. The van der Waals surface area contributed by atoms with Gasteiger partial charge >= 0.3 is 0 Å². The van der Waals surface area contributed by atoms with E-state index in [2.05, 4.69) is 0 Å². The Kier molecular flexibility index (Phi) is 4.58. The fraction of sp³-hybridized carbons (Fsp3) is 0.571. The predicted octanol–water partition coefficient (Wildman–Crippen LogP) is 4.01. The van der Waals surface area contributed by atoms with Crippen molar-refractivity contribution in [2.45, 2.75) is 58.0 Å². The molecule has 0 saturated heterocycles. The fourth-order valence-corrected chi connectivity index (χ4v) is 3.06. The van der Waals surface area contributed by atoms with E-state index in [1.807, 2.05) is 34.6 Å². The molecule has 0 radical (unpaired) electrons. The summed E-state index contributed by atoms with van der Waals surface area (Å²) in [5.41, 5.74) is 1.21. The van der Waals surface area contributed by atoms with Gasteiger partial charge < -0.3 is 4.74 Å². The van der Waals surface area contributed by atoms with Gasteiger partial charge in [-0.15, -0.1) is 0 Å². The number of ether oxygens (including phenoxy) is 1. The van der Waals surface area contributed by atoms with Gasteiger partial charge in [-0.3, -0.25) is 0 Å². The molecule has 19 heavy (non-hydrogen) atoms. The van der Waals surface area contributed by atoms with Crippen molar-refractivity contribution >= 4 is 19.7 Å². The second-order valence-electron chi connectivity index (χ2n) is 5.97. The molecule has 5 heteroatoms. The predicted molar refractivity (Wildman–Crippen MR) is 78.7 cm³/mol. The number of hydrogen-bond donors (Lipinski definition) is 0. The van der Waals surface area contributed by atoms with Crippen LogP contribution in [0.15, 0.2) is 17.0 Å². The maximum Gasteiger partial charge on any atom is 0.261 e. The molecule has 1 aromatic rings. The van der Waals surface area contributed by atoms with Crippen molar-refractivity contribution in [3.63, 3.8) is 0 Å². The number of benzene rings is 1. The van der Waals surface area contributed by atoms with Crippen LogP contribution in [0.5, 0.6) is 5.75 Å². The zero-order valence-electron chi connectivity index (χ0n) is 12.2. The molecule has 0 aromatic heterocycles. The van der Waals surface area contributed by atoms with Crippen molar-refractivity contribution in [1.29, 1.82) is 0 Å². The molecule has 0 fully saturated rings. The maximum absolute atomic E-state index is 11.6. The zero-order chi connectivity index (χ0) is 15.0. The molecule has 0 aliphatic carbocycles. The summed E-state index contributed by atoms with van der Waals surface area (Å²) in [6.07, 6.45) is 0.0268. The smallest absolute Gasteiger partial charge is 0.261 e. The van der Waals surface area contributed by atoms with Gasteiger partial charge in [0, 0.05) is 16.2 Å². The lowest BCUT2D eigenvalue weighted by Gasteiger charge is -2.25. The average Bonchev–Trinajstić information content (AvgIpc) is 2.11. The van der Waals surface area contributed by atoms with Gasteiger partial charge in [0.2, 0.25) is 0 Å². The van der Waals surface area contributed by atoms with Gasteiger partial charge in [0.15, 0.2) is 0 Å². The number of hydrogen-bond acceptors (Lipinski definition) is 3. The van der Waals surface area contributed by atoms with Crippen LogP contribution in [-0.2, 0) is 14.5 Å². The first-order valence-corrected chi connectivity index (χ1v) is 8.50. The minimum absolute atomic E-state index is 0.0268.